The summed E-state index contributed by atoms with van der Waals surface area (Å²) in [6.45, 7) is 3.79. The number of aromatic nitrogens is 1. The summed E-state index contributed by atoms with van der Waals surface area (Å²) in [6.07, 6.45) is 5.55. The standard InChI is InChI=1S/C26H33ClN2O6/c1-2-18(24(31)25-28-20-16-19(27)8-9-21(20)35-25)15-23(30)34-22(14-17-6-4-3-5-7-17)26(32)29-10-12-33-13-11-29/h8-9,16-18,22H,2-7,10-15H2,1H3/t18-,22+/m1/s1. The predicted molar refractivity (Wildman–Crippen MR) is 130 cm³/mol. The molecule has 8 nitrogen and oxygen atoms in total. The third kappa shape index (κ3) is 6.61. The summed E-state index contributed by atoms with van der Waals surface area (Å²) >= 11 is 6.00. The second-order valence-electron chi connectivity index (χ2n) is 9.46. The van der Waals surface area contributed by atoms with E-state index in [0.717, 1.165) is 25.7 Å². The average Bonchev–Trinajstić information content (AvgIpc) is 3.30. The maximum atomic E-state index is 13.2. The van der Waals surface area contributed by atoms with E-state index < -0.39 is 18.0 Å². The van der Waals surface area contributed by atoms with E-state index in [-0.39, 0.29) is 24.0 Å². The SMILES string of the molecule is CC[C@H](CC(=O)O[C@@H](CC1CCCCC1)C(=O)N1CCOCC1)C(=O)c1nc2cc(Cl)ccc2o1. The molecule has 2 aromatic rings. The van der Waals surface area contributed by atoms with Gasteiger partial charge in [0, 0.05) is 24.0 Å². The first kappa shape index (κ1) is 25.6. The van der Waals surface area contributed by atoms with Crippen LogP contribution in [0.1, 0.15) is 69.0 Å². The lowest BCUT2D eigenvalue weighted by atomic mass is 9.85. The zero-order chi connectivity index (χ0) is 24.8. The Morgan fingerprint density at radius 1 is 1.17 bits per heavy atom. The number of nitrogens with zero attached hydrogens (tertiary/aromatic N) is 2. The average molecular weight is 505 g/mol. The van der Waals surface area contributed by atoms with Crippen molar-refractivity contribution in [2.45, 2.75) is 64.4 Å². The summed E-state index contributed by atoms with van der Waals surface area (Å²) < 4.78 is 16.7. The molecule has 1 aliphatic heterocycles. The van der Waals surface area contributed by atoms with Crippen LogP contribution in [0.4, 0.5) is 0 Å². The molecule has 0 bridgehead atoms. The van der Waals surface area contributed by atoms with E-state index in [2.05, 4.69) is 4.98 Å². The first-order chi connectivity index (χ1) is 16.9. The topological polar surface area (TPSA) is 98.9 Å². The number of hydrogen-bond acceptors (Lipinski definition) is 7. The maximum absolute atomic E-state index is 13.2. The molecule has 35 heavy (non-hydrogen) atoms. The molecule has 1 saturated carbocycles. The summed E-state index contributed by atoms with van der Waals surface area (Å²) in [5.74, 6) is -1.42. The van der Waals surface area contributed by atoms with E-state index in [4.69, 9.17) is 25.5 Å². The minimum Gasteiger partial charge on any atom is -0.452 e. The van der Waals surface area contributed by atoms with Gasteiger partial charge in [0.05, 0.1) is 19.6 Å². The molecule has 0 N–H and O–H groups in total. The molecule has 1 amide bonds. The van der Waals surface area contributed by atoms with Gasteiger partial charge in [-0.2, -0.15) is 0 Å². The van der Waals surface area contributed by atoms with Crippen LogP contribution in [-0.2, 0) is 19.1 Å². The van der Waals surface area contributed by atoms with Crippen LogP contribution in [-0.4, -0.2) is 60.0 Å². The van der Waals surface area contributed by atoms with Crippen molar-refractivity contribution in [3.8, 4) is 0 Å². The van der Waals surface area contributed by atoms with E-state index in [1.165, 1.54) is 6.42 Å². The molecule has 0 spiro atoms. The van der Waals surface area contributed by atoms with Gasteiger partial charge >= 0.3 is 5.97 Å². The van der Waals surface area contributed by atoms with E-state index in [9.17, 15) is 14.4 Å². The summed E-state index contributed by atoms with van der Waals surface area (Å²) in [6, 6.07) is 4.94. The zero-order valence-corrected chi connectivity index (χ0v) is 20.9. The summed E-state index contributed by atoms with van der Waals surface area (Å²) in [5, 5.41) is 0.495. The molecular formula is C26H33ClN2O6. The number of esters is 1. The number of halogens is 1. The second-order valence-corrected chi connectivity index (χ2v) is 9.90. The highest BCUT2D eigenvalue weighted by Crippen LogP contribution is 2.29. The van der Waals surface area contributed by atoms with Crippen LogP contribution >= 0.6 is 11.6 Å². The lowest BCUT2D eigenvalue weighted by molar-refractivity contribution is -0.164. The number of carbonyl (C=O) groups excluding carboxylic acids is 3. The van der Waals surface area contributed by atoms with Crippen molar-refractivity contribution in [3.63, 3.8) is 0 Å². The van der Waals surface area contributed by atoms with Crippen LogP contribution in [0.3, 0.4) is 0 Å². The fourth-order valence-electron chi connectivity index (χ4n) is 4.92. The number of oxazole rings is 1. The smallest absolute Gasteiger partial charge is 0.307 e. The van der Waals surface area contributed by atoms with Crippen LogP contribution in [0.15, 0.2) is 22.6 Å². The van der Waals surface area contributed by atoms with Crippen molar-refractivity contribution >= 4 is 40.4 Å². The van der Waals surface area contributed by atoms with Crippen LogP contribution in [0.2, 0.25) is 5.02 Å². The first-order valence-electron chi connectivity index (χ1n) is 12.6. The van der Waals surface area contributed by atoms with Gasteiger partial charge in [0.2, 0.25) is 5.78 Å². The minimum absolute atomic E-state index is 0.0509. The van der Waals surface area contributed by atoms with Crippen molar-refractivity contribution in [1.29, 1.82) is 0 Å². The quantitative estimate of drug-likeness (QED) is 0.356. The Bertz CT molecular complexity index is 1040. The van der Waals surface area contributed by atoms with E-state index in [0.29, 0.717) is 61.2 Å². The molecule has 2 aliphatic rings. The predicted octanol–water partition coefficient (Wildman–Crippen LogP) is 4.82. The number of hydrogen-bond donors (Lipinski definition) is 0. The zero-order valence-electron chi connectivity index (χ0n) is 20.2. The monoisotopic (exact) mass is 504 g/mol. The molecule has 0 radical (unpaired) electrons. The van der Waals surface area contributed by atoms with E-state index in [1.807, 2.05) is 6.92 Å². The molecule has 1 saturated heterocycles. The molecule has 190 valence electrons. The molecular weight excluding hydrogens is 472 g/mol. The minimum atomic E-state index is -0.831. The maximum Gasteiger partial charge on any atom is 0.307 e. The lowest BCUT2D eigenvalue weighted by Crippen LogP contribution is -2.47. The molecule has 0 unspecified atom stereocenters. The van der Waals surface area contributed by atoms with Gasteiger partial charge in [0.25, 0.3) is 11.8 Å². The summed E-state index contributed by atoms with van der Waals surface area (Å²) in [7, 11) is 0. The Hall–Kier alpha value is -2.45. The Kier molecular flexibility index (Phi) is 8.78. The van der Waals surface area contributed by atoms with Crippen molar-refractivity contribution in [3.05, 3.63) is 29.1 Å². The van der Waals surface area contributed by atoms with Crippen molar-refractivity contribution in [1.82, 2.24) is 9.88 Å². The fraction of sp³-hybridized carbons (Fsp3) is 0.615. The summed E-state index contributed by atoms with van der Waals surface area (Å²) in [4.78, 5) is 45.2. The Labute approximate surface area is 210 Å². The number of Topliss-reactive ketones (excluding diaryl/α,β-unsaturated/α-hetero) is 1. The number of benzene rings is 1. The second kappa shape index (κ2) is 12.0. The molecule has 1 aromatic heterocycles. The highest BCUT2D eigenvalue weighted by Gasteiger charge is 2.33. The Morgan fingerprint density at radius 2 is 1.91 bits per heavy atom. The highest BCUT2D eigenvalue weighted by molar-refractivity contribution is 6.31. The van der Waals surface area contributed by atoms with Crippen molar-refractivity contribution in [2.75, 3.05) is 26.3 Å². The third-order valence-electron chi connectivity index (χ3n) is 6.98. The number of morpholine rings is 1. The number of ether oxygens (including phenoxy) is 2. The number of rotatable bonds is 9. The number of ketones is 1. The molecule has 2 fully saturated rings. The Morgan fingerprint density at radius 3 is 2.63 bits per heavy atom. The van der Waals surface area contributed by atoms with Gasteiger partial charge in [-0.25, -0.2) is 4.98 Å². The molecule has 2 atom stereocenters. The third-order valence-corrected chi connectivity index (χ3v) is 7.22. The van der Waals surface area contributed by atoms with Gasteiger partial charge < -0.3 is 18.8 Å². The molecule has 2 heterocycles. The first-order valence-corrected chi connectivity index (χ1v) is 13.0. The van der Waals surface area contributed by atoms with Crippen LogP contribution in [0, 0.1) is 11.8 Å². The molecule has 1 aromatic carbocycles. The fourth-order valence-corrected chi connectivity index (χ4v) is 5.09. The van der Waals surface area contributed by atoms with Crippen LogP contribution in [0.25, 0.3) is 11.1 Å². The van der Waals surface area contributed by atoms with Crippen LogP contribution in [0.5, 0.6) is 0 Å². The van der Waals surface area contributed by atoms with E-state index in [1.54, 1.807) is 23.1 Å². The van der Waals surface area contributed by atoms with Crippen molar-refractivity contribution in [2.24, 2.45) is 11.8 Å². The van der Waals surface area contributed by atoms with Gasteiger partial charge in [-0.05, 0) is 37.0 Å². The van der Waals surface area contributed by atoms with E-state index >= 15 is 0 Å². The molecule has 9 heteroatoms. The van der Waals surface area contributed by atoms with Crippen molar-refractivity contribution < 1.29 is 28.3 Å². The molecule has 1 aliphatic carbocycles. The largest absolute Gasteiger partial charge is 0.452 e. The summed E-state index contributed by atoms with van der Waals surface area (Å²) in [5.41, 5.74) is 0.945. The lowest BCUT2D eigenvalue weighted by Gasteiger charge is -2.32. The van der Waals surface area contributed by atoms with Crippen LogP contribution < -0.4 is 0 Å². The van der Waals surface area contributed by atoms with Gasteiger partial charge in [0.1, 0.15) is 5.52 Å². The Balaban J connectivity index is 1.42. The highest BCUT2D eigenvalue weighted by atomic mass is 35.5. The van der Waals surface area contributed by atoms with Gasteiger partial charge in [-0.15, -0.1) is 0 Å². The van der Waals surface area contributed by atoms with Gasteiger partial charge in [-0.1, -0.05) is 50.6 Å². The number of fused-ring (bicyclic) bond motifs is 1. The number of amides is 1. The normalized spacial score (nSPS) is 18.9. The molecule has 4 rings (SSSR count). The van der Waals surface area contributed by atoms with Gasteiger partial charge in [-0.3, -0.25) is 14.4 Å². The number of carbonyl (C=O) groups is 3. The van der Waals surface area contributed by atoms with Gasteiger partial charge in [0.15, 0.2) is 11.7 Å².